The Morgan fingerprint density at radius 1 is 1.07 bits per heavy atom. The molecule has 2 heterocycles. The van der Waals surface area contributed by atoms with E-state index in [-0.39, 0.29) is 30.0 Å². The Labute approximate surface area is 167 Å². The van der Waals surface area contributed by atoms with E-state index in [4.69, 9.17) is 0 Å². The van der Waals surface area contributed by atoms with E-state index >= 15 is 0 Å². The lowest BCUT2D eigenvalue weighted by molar-refractivity contribution is -0.129. The molecule has 2 aliphatic heterocycles. The average molecular weight is 408 g/mol. The molecule has 0 saturated carbocycles. The van der Waals surface area contributed by atoms with Crippen LogP contribution in [-0.4, -0.2) is 61.4 Å². The number of nitrogens with one attached hydrogen (secondary N) is 1. The van der Waals surface area contributed by atoms with E-state index in [1.807, 2.05) is 17.0 Å². The first kappa shape index (κ1) is 20.8. The molecule has 2 amide bonds. The number of sulfonamides is 1. The predicted molar refractivity (Wildman–Crippen MR) is 108 cm³/mol. The molecule has 0 bridgehead atoms. The van der Waals surface area contributed by atoms with Crippen LogP contribution in [-0.2, 0) is 26.0 Å². The van der Waals surface area contributed by atoms with Gasteiger partial charge in [-0.25, -0.2) is 12.7 Å². The number of likely N-dealkylation sites (tertiary alicyclic amines) is 1. The van der Waals surface area contributed by atoms with E-state index in [1.165, 1.54) is 4.31 Å². The van der Waals surface area contributed by atoms with Crippen molar-refractivity contribution in [2.75, 3.05) is 37.2 Å². The Morgan fingerprint density at radius 2 is 1.75 bits per heavy atom. The van der Waals surface area contributed by atoms with Crippen molar-refractivity contribution in [3.05, 3.63) is 29.8 Å². The quantitative estimate of drug-likeness (QED) is 0.780. The number of amides is 2. The summed E-state index contributed by atoms with van der Waals surface area (Å²) in [5, 5.41) is 2.88. The molecule has 2 aliphatic rings. The van der Waals surface area contributed by atoms with Crippen molar-refractivity contribution in [2.24, 2.45) is 5.92 Å². The van der Waals surface area contributed by atoms with Gasteiger partial charge >= 0.3 is 0 Å². The molecule has 1 aromatic carbocycles. The topological polar surface area (TPSA) is 86.8 Å². The van der Waals surface area contributed by atoms with Gasteiger partial charge in [-0.1, -0.05) is 12.1 Å². The predicted octanol–water partition coefficient (Wildman–Crippen LogP) is 1.85. The zero-order valence-electron chi connectivity index (χ0n) is 16.4. The maximum atomic E-state index is 12.6. The Hall–Kier alpha value is -1.93. The maximum Gasteiger partial charge on any atom is 0.228 e. The number of hydrogen-bond acceptors (Lipinski definition) is 4. The average Bonchev–Trinajstić information content (AvgIpc) is 3.24. The molecule has 28 heavy (non-hydrogen) atoms. The Balaban J connectivity index is 1.54. The molecule has 7 nitrogen and oxygen atoms in total. The van der Waals surface area contributed by atoms with Crippen molar-refractivity contribution in [3.8, 4) is 0 Å². The van der Waals surface area contributed by atoms with Crippen molar-refractivity contribution in [1.29, 1.82) is 0 Å². The molecule has 0 aliphatic carbocycles. The van der Waals surface area contributed by atoms with Crippen LogP contribution in [0.15, 0.2) is 24.3 Å². The summed E-state index contributed by atoms with van der Waals surface area (Å²) in [6.07, 6.45) is 3.91. The number of carbonyl (C=O) groups excluding carboxylic acids is 2. The third-order valence-corrected chi connectivity index (χ3v) is 7.40. The van der Waals surface area contributed by atoms with Crippen molar-refractivity contribution >= 4 is 27.5 Å². The number of carbonyl (C=O) groups is 2. The van der Waals surface area contributed by atoms with Crippen molar-refractivity contribution < 1.29 is 18.0 Å². The molecule has 3 rings (SSSR count). The first-order chi connectivity index (χ1) is 13.4. The van der Waals surface area contributed by atoms with Crippen LogP contribution in [0.3, 0.4) is 0 Å². The number of rotatable bonds is 6. The molecule has 1 aromatic rings. The van der Waals surface area contributed by atoms with Crippen molar-refractivity contribution in [1.82, 2.24) is 9.21 Å². The van der Waals surface area contributed by atoms with Gasteiger partial charge in [0.2, 0.25) is 21.8 Å². The second-order valence-electron chi connectivity index (χ2n) is 7.55. The van der Waals surface area contributed by atoms with E-state index in [0.717, 1.165) is 31.5 Å². The number of anilines is 1. The highest BCUT2D eigenvalue weighted by molar-refractivity contribution is 7.89. The Morgan fingerprint density at radius 3 is 2.39 bits per heavy atom. The second kappa shape index (κ2) is 9.05. The largest absolute Gasteiger partial charge is 0.342 e. The summed E-state index contributed by atoms with van der Waals surface area (Å²) in [5.74, 6) is -0.295. The fraction of sp³-hybridized carbons (Fsp3) is 0.600. The fourth-order valence-electron chi connectivity index (χ4n) is 3.79. The minimum absolute atomic E-state index is 0.0545. The van der Waals surface area contributed by atoms with Crippen molar-refractivity contribution in [2.45, 2.75) is 39.0 Å². The van der Waals surface area contributed by atoms with Crippen LogP contribution in [0.25, 0.3) is 0 Å². The first-order valence-electron chi connectivity index (χ1n) is 10.0. The van der Waals surface area contributed by atoms with Crippen LogP contribution >= 0.6 is 0 Å². The number of hydrogen-bond donors (Lipinski definition) is 1. The molecular weight excluding hydrogens is 378 g/mol. The Bertz CT molecular complexity index is 801. The zero-order valence-corrected chi connectivity index (χ0v) is 17.2. The summed E-state index contributed by atoms with van der Waals surface area (Å²) in [4.78, 5) is 26.7. The van der Waals surface area contributed by atoms with Gasteiger partial charge in [-0.15, -0.1) is 0 Å². The maximum absolute atomic E-state index is 12.6. The van der Waals surface area contributed by atoms with Crippen LogP contribution in [0.2, 0.25) is 0 Å². The summed E-state index contributed by atoms with van der Waals surface area (Å²) in [5.41, 5.74) is 1.59. The summed E-state index contributed by atoms with van der Waals surface area (Å²) in [7, 11) is -3.27. The standard InChI is InChI=1S/C20H29N3O4S/c1-2-28(26,27)23-13-5-6-17(15-23)20(25)21-18-9-7-16(8-10-18)14-19(24)22-11-3-4-12-22/h7-10,17H,2-6,11-15H2,1H3,(H,21,25)/t17-/m0/s1. The number of benzene rings is 1. The van der Waals surface area contributed by atoms with Gasteiger partial charge in [-0.3, -0.25) is 9.59 Å². The normalized spacial score (nSPS) is 20.9. The minimum atomic E-state index is -3.27. The lowest BCUT2D eigenvalue weighted by atomic mass is 9.98. The summed E-state index contributed by atoms with van der Waals surface area (Å²) < 4.78 is 25.6. The fourth-order valence-corrected chi connectivity index (χ4v) is 4.97. The molecule has 0 spiro atoms. The smallest absolute Gasteiger partial charge is 0.228 e. The molecule has 2 saturated heterocycles. The van der Waals surface area contributed by atoms with Crippen LogP contribution in [0.1, 0.15) is 38.2 Å². The molecular formula is C20H29N3O4S. The monoisotopic (exact) mass is 407 g/mol. The number of piperidine rings is 1. The van der Waals surface area contributed by atoms with Gasteiger partial charge in [-0.2, -0.15) is 0 Å². The number of nitrogens with zero attached hydrogens (tertiary/aromatic N) is 2. The highest BCUT2D eigenvalue weighted by atomic mass is 32.2. The molecule has 0 unspecified atom stereocenters. The third kappa shape index (κ3) is 5.11. The lowest BCUT2D eigenvalue weighted by Gasteiger charge is -2.30. The SMILES string of the molecule is CCS(=O)(=O)N1CCC[C@H](C(=O)Nc2ccc(CC(=O)N3CCCC3)cc2)C1. The summed E-state index contributed by atoms with van der Waals surface area (Å²) in [6, 6.07) is 7.32. The van der Waals surface area contributed by atoms with Gasteiger partial charge < -0.3 is 10.2 Å². The summed E-state index contributed by atoms with van der Waals surface area (Å²) in [6.45, 7) is 4.04. The van der Waals surface area contributed by atoms with Crippen molar-refractivity contribution in [3.63, 3.8) is 0 Å². The van der Waals surface area contributed by atoms with E-state index in [2.05, 4.69) is 5.32 Å². The van der Waals surface area contributed by atoms with Crippen LogP contribution in [0, 0.1) is 5.92 Å². The van der Waals surface area contributed by atoms with Gasteiger partial charge in [0.05, 0.1) is 18.1 Å². The molecule has 0 aromatic heterocycles. The van der Waals surface area contributed by atoms with E-state index in [0.29, 0.717) is 31.5 Å². The lowest BCUT2D eigenvalue weighted by Crippen LogP contribution is -2.44. The van der Waals surface area contributed by atoms with Gasteiger partial charge in [0, 0.05) is 31.9 Å². The Kier molecular flexibility index (Phi) is 6.72. The van der Waals surface area contributed by atoms with Crippen LogP contribution in [0.5, 0.6) is 0 Å². The minimum Gasteiger partial charge on any atom is -0.342 e. The van der Waals surface area contributed by atoms with Crippen LogP contribution < -0.4 is 5.32 Å². The highest BCUT2D eigenvalue weighted by Crippen LogP contribution is 2.21. The van der Waals surface area contributed by atoms with Crippen LogP contribution in [0.4, 0.5) is 5.69 Å². The van der Waals surface area contributed by atoms with Gasteiger partial charge in [0.15, 0.2) is 0 Å². The zero-order chi connectivity index (χ0) is 20.1. The highest BCUT2D eigenvalue weighted by Gasteiger charge is 2.31. The molecule has 0 radical (unpaired) electrons. The molecule has 1 atom stereocenters. The third-order valence-electron chi connectivity index (χ3n) is 5.55. The van der Waals surface area contributed by atoms with E-state index < -0.39 is 10.0 Å². The molecule has 8 heteroatoms. The first-order valence-corrected chi connectivity index (χ1v) is 11.7. The second-order valence-corrected chi connectivity index (χ2v) is 9.81. The van der Waals surface area contributed by atoms with E-state index in [1.54, 1.807) is 19.1 Å². The molecule has 2 fully saturated rings. The van der Waals surface area contributed by atoms with Gasteiger partial charge in [0.25, 0.3) is 0 Å². The van der Waals surface area contributed by atoms with E-state index in [9.17, 15) is 18.0 Å². The molecule has 1 N–H and O–H groups in total. The molecule has 154 valence electrons. The van der Waals surface area contributed by atoms with Gasteiger partial charge in [0.1, 0.15) is 0 Å². The summed E-state index contributed by atoms with van der Waals surface area (Å²) >= 11 is 0. The van der Waals surface area contributed by atoms with Gasteiger partial charge in [-0.05, 0) is 50.3 Å².